The van der Waals surface area contributed by atoms with E-state index in [9.17, 15) is 13.6 Å². The van der Waals surface area contributed by atoms with Crippen LogP contribution in [0.15, 0.2) is 85.2 Å². The monoisotopic (exact) mass is 537 g/mol. The summed E-state index contributed by atoms with van der Waals surface area (Å²) in [5, 5.41) is 0. The Morgan fingerprint density at radius 3 is 2.45 bits per heavy atom. The second-order valence-electron chi connectivity index (χ2n) is 11.0. The molecule has 3 aromatic carbocycles. The van der Waals surface area contributed by atoms with E-state index >= 15 is 0 Å². The SMILES string of the molecule is O=C1c2ccccc2CN1C(c1ccc(CN2CCC3(CC2)OCc2ccncc23)cc1)c1ccc(F)c(F)c1. The molecule has 0 N–H and O–H groups in total. The van der Waals surface area contributed by atoms with Gasteiger partial charge in [0.15, 0.2) is 11.6 Å². The minimum atomic E-state index is -0.921. The summed E-state index contributed by atoms with van der Waals surface area (Å²) in [5.41, 5.74) is 6.41. The van der Waals surface area contributed by atoms with Crippen LogP contribution >= 0.6 is 0 Å². The Labute approximate surface area is 232 Å². The number of benzene rings is 3. The molecule has 7 heteroatoms. The fourth-order valence-corrected chi connectivity index (χ4v) is 6.52. The van der Waals surface area contributed by atoms with Gasteiger partial charge in [-0.3, -0.25) is 14.7 Å². The summed E-state index contributed by atoms with van der Waals surface area (Å²) >= 11 is 0. The van der Waals surface area contributed by atoms with Crippen LogP contribution in [-0.4, -0.2) is 33.8 Å². The van der Waals surface area contributed by atoms with Gasteiger partial charge >= 0.3 is 0 Å². The molecule has 40 heavy (non-hydrogen) atoms. The van der Waals surface area contributed by atoms with Gasteiger partial charge in [0.2, 0.25) is 0 Å². The molecule has 1 amide bonds. The number of aromatic nitrogens is 1. The summed E-state index contributed by atoms with van der Waals surface area (Å²) in [6.07, 6.45) is 5.65. The Morgan fingerprint density at radius 1 is 0.900 bits per heavy atom. The van der Waals surface area contributed by atoms with Gasteiger partial charge in [-0.25, -0.2) is 8.78 Å². The molecule has 0 bridgehead atoms. The van der Waals surface area contributed by atoms with Crippen molar-refractivity contribution in [2.45, 2.75) is 44.2 Å². The van der Waals surface area contributed by atoms with Gasteiger partial charge in [0, 0.05) is 49.7 Å². The van der Waals surface area contributed by atoms with Crippen molar-refractivity contribution in [3.63, 3.8) is 0 Å². The molecule has 5 nitrogen and oxygen atoms in total. The number of amides is 1. The van der Waals surface area contributed by atoms with Gasteiger partial charge in [-0.15, -0.1) is 0 Å². The minimum absolute atomic E-state index is 0.109. The second-order valence-corrected chi connectivity index (χ2v) is 11.0. The lowest BCUT2D eigenvalue weighted by atomic mass is 9.84. The first-order chi connectivity index (χ1) is 19.5. The number of fused-ring (bicyclic) bond motifs is 3. The molecular formula is C33H29F2N3O2. The number of hydrogen-bond acceptors (Lipinski definition) is 4. The van der Waals surface area contributed by atoms with E-state index in [1.807, 2.05) is 48.8 Å². The Kier molecular flexibility index (Phi) is 6.21. The van der Waals surface area contributed by atoms with Gasteiger partial charge in [0.1, 0.15) is 0 Å². The van der Waals surface area contributed by atoms with Crippen molar-refractivity contribution in [2.75, 3.05) is 13.1 Å². The number of rotatable bonds is 5. The van der Waals surface area contributed by atoms with Gasteiger partial charge in [-0.05, 0) is 64.9 Å². The Balaban J connectivity index is 1.10. The van der Waals surface area contributed by atoms with Crippen LogP contribution in [0.3, 0.4) is 0 Å². The number of ether oxygens (including phenoxy) is 1. The quantitative estimate of drug-likeness (QED) is 0.308. The number of piperidine rings is 1. The summed E-state index contributed by atoms with van der Waals surface area (Å²) in [6, 6.07) is 21.1. The van der Waals surface area contributed by atoms with Crippen molar-refractivity contribution in [3.05, 3.63) is 136 Å². The number of nitrogens with zero attached hydrogens (tertiary/aromatic N) is 3. The van der Waals surface area contributed by atoms with E-state index in [0.717, 1.165) is 55.2 Å². The Hall–Kier alpha value is -3.94. The molecule has 1 saturated heterocycles. The molecule has 1 fully saturated rings. The lowest BCUT2D eigenvalue weighted by Gasteiger charge is -2.39. The van der Waals surface area contributed by atoms with Crippen LogP contribution in [0, 0.1) is 11.6 Å². The lowest BCUT2D eigenvalue weighted by Crippen LogP contribution is -2.42. The van der Waals surface area contributed by atoms with E-state index in [2.05, 4.69) is 28.1 Å². The zero-order valence-electron chi connectivity index (χ0n) is 22.0. The van der Waals surface area contributed by atoms with E-state index in [4.69, 9.17) is 4.74 Å². The van der Waals surface area contributed by atoms with Crippen LogP contribution in [0.4, 0.5) is 8.78 Å². The van der Waals surface area contributed by atoms with Gasteiger partial charge in [0.25, 0.3) is 5.91 Å². The minimum Gasteiger partial charge on any atom is -0.365 e. The maximum absolute atomic E-state index is 14.3. The fraction of sp³-hybridized carbons (Fsp3) is 0.273. The molecule has 0 radical (unpaired) electrons. The first kappa shape index (κ1) is 25.1. The highest BCUT2D eigenvalue weighted by Gasteiger charge is 2.42. The average molecular weight is 538 g/mol. The number of carbonyl (C=O) groups is 1. The molecule has 3 aliphatic heterocycles. The third-order valence-electron chi connectivity index (χ3n) is 8.69. The van der Waals surface area contributed by atoms with Crippen LogP contribution in [0.1, 0.15) is 62.6 Å². The zero-order valence-corrected chi connectivity index (χ0v) is 22.0. The molecule has 1 unspecified atom stereocenters. The van der Waals surface area contributed by atoms with Crippen molar-refractivity contribution in [1.29, 1.82) is 0 Å². The predicted molar refractivity (Wildman–Crippen MR) is 146 cm³/mol. The molecular weight excluding hydrogens is 508 g/mol. The van der Waals surface area contributed by atoms with Crippen molar-refractivity contribution in [3.8, 4) is 0 Å². The van der Waals surface area contributed by atoms with Crippen molar-refractivity contribution in [2.24, 2.45) is 0 Å². The molecule has 0 aliphatic carbocycles. The number of pyridine rings is 1. The molecule has 4 heterocycles. The van der Waals surface area contributed by atoms with Gasteiger partial charge in [-0.1, -0.05) is 48.5 Å². The van der Waals surface area contributed by atoms with E-state index in [1.165, 1.54) is 17.2 Å². The standard InChI is InChI=1S/C33H29F2N3O2/c34-29-10-9-24(17-30(29)35)31(38-20-25-3-1-2-4-27(25)32(38)39)23-7-5-22(6-8-23)19-37-15-12-33(13-16-37)28-18-36-14-11-26(28)21-40-33/h1-11,14,17-18,31H,12-13,15-16,19-21H2. The van der Waals surface area contributed by atoms with Crippen LogP contribution in [0.2, 0.25) is 0 Å². The molecule has 1 atom stereocenters. The van der Waals surface area contributed by atoms with Crippen molar-refractivity contribution < 1.29 is 18.3 Å². The lowest BCUT2D eigenvalue weighted by molar-refractivity contribution is -0.0800. The highest BCUT2D eigenvalue weighted by Crippen LogP contribution is 2.44. The number of carbonyl (C=O) groups excluding carboxylic acids is 1. The molecule has 202 valence electrons. The molecule has 1 spiro atoms. The Bertz CT molecular complexity index is 1580. The predicted octanol–water partition coefficient (Wildman–Crippen LogP) is 6.13. The van der Waals surface area contributed by atoms with E-state index in [0.29, 0.717) is 24.3 Å². The number of halogens is 2. The van der Waals surface area contributed by atoms with Gasteiger partial charge < -0.3 is 9.64 Å². The highest BCUT2D eigenvalue weighted by atomic mass is 19.2. The van der Waals surface area contributed by atoms with Crippen LogP contribution in [-0.2, 0) is 30.0 Å². The topological polar surface area (TPSA) is 45.7 Å². The number of likely N-dealkylation sites (tertiary alicyclic amines) is 1. The Morgan fingerprint density at radius 2 is 1.68 bits per heavy atom. The molecule has 7 rings (SSSR count). The van der Waals surface area contributed by atoms with Gasteiger partial charge in [-0.2, -0.15) is 0 Å². The van der Waals surface area contributed by atoms with E-state index in [-0.39, 0.29) is 11.5 Å². The number of hydrogen-bond donors (Lipinski definition) is 0. The van der Waals surface area contributed by atoms with E-state index in [1.54, 1.807) is 11.0 Å². The van der Waals surface area contributed by atoms with Crippen LogP contribution in [0.25, 0.3) is 0 Å². The van der Waals surface area contributed by atoms with Crippen molar-refractivity contribution in [1.82, 2.24) is 14.8 Å². The maximum Gasteiger partial charge on any atom is 0.255 e. The molecule has 0 saturated carbocycles. The summed E-state index contributed by atoms with van der Waals surface area (Å²) < 4.78 is 34.4. The highest BCUT2D eigenvalue weighted by molar-refractivity contribution is 5.98. The molecule has 1 aromatic heterocycles. The van der Waals surface area contributed by atoms with Crippen LogP contribution < -0.4 is 0 Å². The first-order valence-electron chi connectivity index (χ1n) is 13.7. The normalized spacial score (nSPS) is 18.6. The van der Waals surface area contributed by atoms with Gasteiger partial charge in [0.05, 0.1) is 18.2 Å². The third kappa shape index (κ3) is 4.30. The molecule has 4 aromatic rings. The second kappa shape index (κ2) is 9.91. The third-order valence-corrected chi connectivity index (χ3v) is 8.69. The zero-order chi connectivity index (χ0) is 27.3. The van der Waals surface area contributed by atoms with Crippen LogP contribution in [0.5, 0.6) is 0 Å². The smallest absolute Gasteiger partial charge is 0.255 e. The fourth-order valence-electron chi connectivity index (χ4n) is 6.52. The average Bonchev–Trinajstić information content (AvgIpc) is 3.51. The summed E-state index contributed by atoms with van der Waals surface area (Å²) in [5.74, 6) is -1.93. The summed E-state index contributed by atoms with van der Waals surface area (Å²) in [7, 11) is 0. The largest absolute Gasteiger partial charge is 0.365 e. The first-order valence-corrected chi connectivity index (χ1v) is 13.7. The maximum atomic E-state index is 14.3. The van der Waals surface area contributed by atoms with E-state index < -0.39 is 17.7 Å². The van der Waals surface area contributed by atoms with Crippen molar-refractivity contribution >= 4 is 5.91 Å². The molecule has 3 aliphatic rings. The summed E-state index contributed by atoms with van der Waals surface area (Å²) in [6.45, 7) is 3.72. The summed E-state index contributed by atoms with van der Waals surface area (Å²) in [4.78, 5) is 21.9.